The van der Waals surface area contributed by atoms with E-state index >= 15 is 0 Å². The Hall–Kier alpha value is -1.17. The molecule has 1 N–H and O–H groups in total. The van der Waals surface area contributed by atoms with Gasteiger partial charge in [-0.1, -0.05) is 0 Å². The maximum absolute atomic E-state index is 11.0. The number of hydrogen-bond donors (Lipinski definition) is 1. The highest BCUT2D eigenvalue weighted by Crippen LogP contribution is 1.99. The van der Waals surface area contributed by atoms with E-state index in [2.05, 4.69) is 10.2 Å². The second-order valence-corrected chi connectivity index (χ2v) is 3.20. The number of H-pyrrole nitrogens is 1. The third-order valence-electron chi connectivity index (χ3n) is 1.83. The number of hydrogen-bond acceptors (Lipinski definition) is 4. The zero-order valence-corrected chi connectivity index (χ0v) is 9.06. The lowest BCUT2D eigenvalue weighted by atomic mass is 10.3. The van der Waals surface area contributed by atoms with Gasteiger partial charge in [0.25, 0.3) is 0 Å². The van der Waals surface area contributed by atoms with Crippen LogP contribution in [0.3, 0.4) is 0 Å². The monoisotopic (exact) mass is 215 g/mol. The van der Waals surface area contributed by atoms with Gasteiger partial charge in [0, 0.05) is 13.5 Å². The minimum Gasteiger partial charge on any atom is -0.466 e. The van der Waals surface area contributed by atoms with Gasteiger partial charge in [-0.05, 0) is 19.1 Å². The van der Waals surface area contributed by atoms with Crippen molar-refractivity contribution >= 4 is 18.2 Å². The Morgan fingerprint density at radius 3 is 2.93 bits per heavy atom. The first kappa shape index (κ1) is 10.9. The second-order valence-electron chi connectivity index (χ2n) is 2.81. The third-order valence-corrected chi connectivity index (χ3v) is 2.20. The number of aromatic nitrogens is 3. The summed E-state index contributed by atoms with van der Waals surface area (Å²) in [5.74, 6) is 0.560. The van der Waals surface area contributed by atoms with Gasteiger partial charge in [-0.25, -0.2) is 0 Å². The highest BCUT2D eigenvalue weighted by Gasteiger charge is 2.06. The average molecular weight is 215 g/mol. The summed E-state index contributed by atoms with van der Waals surface area (Å²) in [6, 6.07) is 0. The molecule has 0 saturated heterocycles. The second kappa shape index (κ2) is 4.90. The molecule has 1 heterocycles. The Labute approximate surface area is 87.1 Å². The van der Waals surface area contributed by atoms with Gasteiger partial charge >= 0.3 is 5.97 Å². The van der Waals surface area contributed by atoms with E-state index in [1.54, 1.807) is 11.5 Å². The molecule has 0 aliphatic rings. The molecule has 0 radical (unpaired) electrons. The summed E-state index contributed by atoms with van der Waals surface area (Å²) in [5.41, 5.74) is 0. The summed E-state index contributed by atoms with van der Waals surface area (Å²) < 4.78 is 7.10. The molecule has 0 saturated carbocycles. The van der Waals surface area contributed by atoms with Crippen LogP contribution in [0.4, 0.5) is 0 Å². The predicted octanol–water partition coefficient (Wildman–Crippen LogP) is 0.973. The zero-order valence-electron chi connectivity index (χ0n) is 8.24. The van der Waals surface area contributed by atoms with Crippen LogP contribution in [0.25, 0.3) is 0 Å². The highest BCUT2D eigenvalue weighted by atomic mass is 32.1. The van der Waals surface area contributed by atoms with E-state index in [0.29, 0.717) is 24.2 Å². The first-order chi connectivity index (χ1) is 6.65. The molecule has 0 aliphatic carbocycles. The molecule has 6 heteroatoms. The van der Waals surface area contributed by atoms with Crippen LogP contribution in [0.5, 0.6) is 0 Å². The highest BCUT2D eigenvalue weighted by molar-refractivity contribution is 7.71. The molecule has 1 aromatic rings. The molecule has 5 nitrogen and oxygen atoms in total. The maximum Gasteiger partial charge on any atom is 0.306 e. The van der Waals surface area contributed by atoms with Crippen LogP contribution >= 0.6 is 12.2 Å². The first-order valence-electron chi connectivity index (χ1n) is 4.41. The van der Waals surface area contributed by atoms with Crippen molar-refractivity contribution in [3.05, 3.63) is 10.6 Å². The van der Waals surface area contributed by atoms with Gasteiger partial charge in [0.05, 0.1) is 13.0 Å². The van der Waals surface area contributed by atoms with Gasteiger partial charge in [-0.3, -0.25) is 9.89 Å². The van der Waals surface area contributed by atoms with Gasteiger partial charge in [0.1, 0.15) is 5.82 Å². The van der Waals surface area contributed by atoms with Crippen LogP contribution in [-0.4, -0.2) is 27.3 Å². The number of nitrogens with one attached hydrogen (secondary N) is 1. The molecule has 14 heavy (non-hydrogen) atoms. The number of ether oxygens (including phenoxy) is 1. The molecule has 78 valence electrons. The number of aryl methyl sites for hydroxylation is 1. The summed E-state index contributed by atoms with van der Waals surface area (Å²) in [6.45, 7) is 2.20. The van der Waals surface area contributed by atoms with E-state index < -0.39 is 0 Å². The van der Waals surface area contributed by atoms with Gasteiger partial charge in [0.2, 0.25) is 0 Å². The standard InChI is InChI=1S/C8H13N3O2S/c1-3-13-7(12)5-4-6-9-10-8(14)11(6)2/h3-5H2,1-2H3,(H,10,14). The van der Waals surface area contributed by atoms with Crippen molar-refractivity contribution in [2.24, 2.45) is 7.05 Å². The van der Waals surface area contributed by atoms with Crippen molar-refractivity contribution in [2.75, 3.05) is 6.61 Å². The Balaban J connectivity index is 2.50. The van der Waals surface area contributed by atoms with E-state index in [9.17, 15) is 4.79 Å². The van der Waals surface area contributed by atoms with Gasteiger partial charge < -0.3 is 9.30 Å². The van der Waals surface area contributed by atoms with Crippen LogP contribution in [0.2, 0.25) is 0 Å². The summed E-state index contributed by atoms with van der Waals surface area (Å²) in [6.07, 6.45) is 0.879. The molecular weight excluding hydrogens is 202 g/mol. The number of rotatable bonds is 4. The molecule has 0 amide bonds. The fourth-order valence-corrected chi connectivity index (χ4v) is 1.20. The zero-order chi connectivity index (χ0) is 10.6. The van der Waals surface area contributed by atoms with Crippen molar-refractivity contribution in [3.63, 3.8) is 0 Å². The largest absolute Gasteiger partial charge is 0.466 e. The average Bonchev–Trinajstić information content (AvgIpc) is 2.46. The minimum absolute atomic E-state index is 0.207. The number of carbonyl (C=O) groups is 1. The van der Waals surface area contributed by atoms with E-state index in [4.69, 9.17) is 17.0 Å². The first-order valence-corrected chi connectivity index (χ1v) is 4.82. The van der Waals surface area contributed by atoms with Crippen LogP contribution < -0.4 is 0 Å². The molecule has 1 rings (SSSR count). The molecule has 1 aromatic heterocycles. The van der Waals surface area contributed by atoms with Crippen molar-refractivity contribution < 1.29 is 9.53 Å². The Bertz CT molecular complexity index is 369. The molecule has 0 bridgehead atoms. The van der Waals surface area contributed by atoms with Crippen LogP contribution in [-0.2, 0) is 23.0 Å². The Kier molecular flexibility index (Phi) is 3.82. The number of nitrogens with zero attached hydrogens (tertiary/aromatic N) is 2. The van der Waals surface area contributed by atoms with Crippen LogP contribution in [0, 0.1) is 4.77 Å². The summed E-state index contributed by atoms with van der Waals surface area (Å²) >= 11 is 4.93. The Morgan fingerprint density at radius 2 is 2.43 bits per heavy atom. The Morgan fingerprint density at radius 1 is 1.71 bits per heavy atom. The van der Waals surface area contributed by atoms with Crippen LogP contribution in [0.1, 0.15) is 19.2 Å². The smallest absolute Gasteiger partial charge is 0.306 e. The van der Waals surface area contributed by atoms with E-state index in [1.807, 2.05) is 7.05 Å². The molecule has 0 atom stereocenters. The van der Waals surface area contributed by atoms with Crippen molar-refractivity contribution in [1.29, 1.82) is 0 Å². The van der Waals surface area contributed by atoms with Crippen molar-refractivity contribution in [1.82, 2.24) is 14.8 Å². The summed E-state index contributed by atoms with van der Waals surface area (Å²) in [4.78, 5) is 11.0. The number of aromatic amines is 1. The third kappa shape index (κ3) is 2.66. The lowest BCUT2D eigenvalue weighted by Gasteiger charge is -2.00. The van der Waals surface area contributed by atoms with E-state index in [-0.39, 0.29) is 5.97 Å². The summed E-state index contributed by atoms with van der Waals surface area (Å²) in [7, 11) is 1.81. The van der Waals surface area contributed by atoms with E-state index in [1.165, 1.54) is 0 Å². The minimum atomic E-state index is -0.207. The molecule has 0 aromatic carbocycles. The maximum atomic E-state index is 11.0. The van der Waals surface area contributed by atoms with Gasteiger partial charge in [-0.15, -0.1) is 0 Å². The fourth-order valence-electron chi connectivity index (χ4n) is 1.05. The predicted molar refractivity (Wildman–Crippen MR) is 53.3 cm³/mol. The molecule has 0 fully saturated rings. The van der Waals surface area contributed by atoms with Gasteiger partial charge in [-0.2, -0.15) is 5.10 Å². The topological polar surface area (TPSA) is 59.9 Å². The number of esters is 1. The summed E-state index contributed by atoms with van der Waals surface area (Å²) in [5, 5.41) is 6.64. The number of carbonyl (C=O) groups excluding carboxylic acids is 1. The molecule has 0 unspecified atom stereocenters. The van der Waals surface area contributed by atoms with Crippen molar-refractivity contribution in [2.45, 2.75) is 19.8 Å². The fraction of sp³-hybridized carbons (Fsp3) is 0.625. The van der Waals surface area contributed by atoms with Gasteiger partial charge in [0.15, 0.2) is 4.77 Å². The SMILES string of the molecule is CCOC(=O)CCc1n[nH]c(=S)n1C. The van der Waals surface area contributed by atoms with Crippen LogP contribution in [0.15, 0.2) is 0 Å². The normalized spacial score (nSPS) is 10.1. The molecule has 0 spiro atoms. The quantitative estimate of drug-likeness (QED) is 0.600. The lowest BCUT2D eigenvalue weighted by molar-refractivity contribution is -0.143. The van der Waals surface area contributed by atoms with Crippen molar-refractivity contribution in [3.8, 4) is 0 Å². The van der Waals surface area contributed by atoms with E-state index in [0.717, 1.165) is 5.82 Å². The lowest BCUT2D eigenvalue weighted by Crippen LogP contribution is -2.07. The molecule has 0 aliphatic heterocycles. The molecular formula is C8H13N3O2S.